The van der Waals surface area contributed by atoms with Crippen molar-refractivity contribution in [2.45, 2.75) is 31.1 Å². The summed E-state index contributed by atoms with van der Waals surface area (Å²) in [5.41, 5.74) is 6.48. The van der Waals surface area contributed by atoms with Gasteiger partial charge in [-0.05, 0) is 46.3 Å². The molecule has 0 saturated heterocycles. The molecule has 1 nitrogen and oxygen atoms in total. The van der Waals surface area contributed by atoms with Crippen LogP contribution in [0.15, 0.2) is 27.6 Å². The first-order valence-electron chi connectivity index (χ1n) is 4.92. The van der Waals surface area contributed by atoms with Crippen LogP contribution < -0.4 is 5.73 Å². The minimum Gasteiger partial charge on any atom is -0.399 e. The summed E-state index contributed by atoms with van der Waals surface area (Å²) in [5.74, 6) is 1.19. The summed E-state index contributed by atoms with van der Waals surface area (Å²) in [6.45, 7) is 2.23. The van der Waals surface area contributed by atoms with Gasteiger partial charge in [-0.25, -0.2) is 0 Å². The molecule has 1 rings (SSSR count). The number of nitrogen functional groups attached to an aromatic ring is 1. The number of nitrogens with two attached hydrogens (primary N) is 1. The molecule has 78 valence electrons. The highest BCUT2D eigenvalue weighted by atomic mass is 79.9. The fourth-order valence-electron chi connectivity index (χ4n) is 1.17. The first-order valence-corrected chi connectivity index (χ1v) is 6.69. The molecule has 0 atom stereocenters. The molecule has 0 heterocycles. The van der Waals surface area contributed by atoms with Crippen LogP contribution in [0.1, 0.15) is 26.2 Å². The van der Waals surface area contributed by atoms with Crippen molar-refractivity contribution in [1.29, 1.82) is 0 Å². The molecule has 1 aromatic carbocycles. The van der Waals surface area contributed by atoms with E-state index in [9.17, 15) is 0 Å². The second-order valence-electron chi connectivity index (χ2n) is 3.25. The van der Waals surface area contributed by atoms with Crippen LogP contribution in [-0.2, 0) is 0 Å². The Morgan fingerprint density at radius 1 is 1.36 bits per heavy atom. The Morgan fingerprint density at radius 2 is 2.14 bits per heavy atom. The molecule has 14 heavy (non-hydrogen) atoms. The van der Waals surface area contributed by atoms with Crippen LogP contribution >= 0.6 is 27.7 Å². The molecule has 0 aliphatic rings. The predicted octanol–water partition coefficient (Wildman–Crippen LogP) is 4.31. The van der Waals surface area contributed by atoms with Crippen LogP contribution in [0, 0.1) is 0 Å². The highest BCUT2D eigenvalue weighted by Crippen LogP contribution is 2.29. The van der Waals surface area contributed by atoms with E-state index >= 15 is 0 Å². The number of benzene rings is 1. The molecular formula is C11H16BrNS. The van der Waals surface area contributed by atoms with Gasteiger partial charge in [-0.1, -0.05) is 19.8 Å². The number of hydrogen-bond acceptors (Lipinski definition) is 2. The normalized spacial score (nSPS) is 10.4. The molecule has 0 radical (unpaired) electrons. The lowest BCUT2D eigenvalue weighted by Crippen LogP contribution is -1.86. The molecule has 2 N–H and O–H groups in total. The van der Waals surface area contributed by atoms with E-state index < -0.39 is 0 Å². The van der Waals surface area contributed by atoms with Crippen LogP contribution in [0.4, 0.5) is 5.69 Å². The Hall–Kier alpha value is -0.150. The van der Waals surface area contributed by atoms with Crippen LogP contribution in [0.25, 0.3) is 0 Å². The maximum Gasteiger partial charge on any atom is 0.0331 e. The zero-order valence-corrected chi connectivity index (χ0v) is 10.8. The minimum atomic E-state index is 0.815. The number of rotatable bonds is 5. The van der Waals surface area contributed by atoms with Crippen molar-refractivity contribution in [3.8, 4) is 0 Å². The van der Waals surface area contributed by atoms with E-state index in [-0.39, 0.29) is 0 Å². The second kappa shape index (κ2) is 6.36. The van der Waals surface area contributed by atoms with Crippen molar-refractivity contribution in [3.63, 3.8) is 0 Å². The lowest BCUT2D eigenvalue weighted by Gasteiger charge is -2.04. The van der Waals surface area contributed by atoms with E-state index in [4.69, 9.17) is 5.73 Å². The summed E-state index contributed by atoms with van der Waals surface area (Å²) >= 11 is 5.41. The summed E-state index contributed by atoms with van der Waals surface area (Å²) < 4.78 is 1.11. The van der Waals surface area contributed by atoms with Crippen LogP contribution in [-0.4, -0.2) is 5.75 Å². The maximum atomic E-state index is 5.66. The first kappa shape index (κ1) is 11.9. The highest BCUT2D eigenvalue weighted by Gasteiger charge is 2.00. The smallest absolute Gasteiger partial charge is 0.0331 e. The molecule has 0 bridgehead atoms. The maximum absolute atomic E-state index is 5.66. The molecule has 0 aromatic heterocycles. The lowest BCUT2D eigenvalue weighted by molar-refractivity contribution is 0.778. The van der Waals surface area contributed by atoms with E-state index in [1.165, 1.54) is 29.9 Å². The summed E-state index contributed by atoms with van der Waals surface area (Å²) in [6, 6.07) is 5.99. The first-order chi connectivity index (χ1) is 6.74. The van der Waals surface area contributed by atoms with E-state index in [1.54, 1.807) is 0 Å². The second-order valence-corrected chi connectivity index (χ2v) is 5.24. The predicted molar refractivity (Wildman–Crippen MR) is 68.8 cm³/mol. The quantitative estimate of drug-likeness (QED) is 0.492. The Labute approximate surface area is 98.6 Å². The third kappa shape index (κ3) is 3.93. The molecule has 0 spiro atoms. The van der Waals surface area contributed by atoms with Crippen LogP contribution in [0.5, 0.6) is 0 Å². The molecule has 0 aliphatic carbocycles. The Balaban J connectivity index is 2.42. The summed E-state index contributed by atoms with van der Waals surface area (Å²) in [4.78, 5) is 1.29. The average Bonchev–Trinajstić information content (AvgIpc) is 2.15. The van der Waals surface area contributed by atoms with Gasteiger partial charge in [0.1, 0.15) is 0 Å². The van der Waals surface area contributed by atoms with Crippen molar-refractivity contribution in [2.75, 3.05) is 11.5 Å². The van der Waals surface area contributed by atoms with Crippen molar-refractivity contribution >= 4 is 33.4 Å². The van der Waals surface area contributed by atoms with Crippen molar-refractivity contribution in [1.82, 2.24) is 0 Å². The number of hydrogen-bond donors (Lipinski definition) is 1. The third-order valence-corrected chi connectivity index (χ3v) is 4.04. The molecule has 0 amide bonds. The molecule has 0 aliphatic heterocycles. The highest BCUT2D eigenvalue weighted by molar-refractivity contribution is 9.10. The Morgan fingerprint density at radius 3 is 2.79 bits per heavy atom. The van der Waals surface area contributed by atoms with Crippen molar-refractivity contribution in [3.05, 3.63) is 22.7 Å². The lowest BCUT2D eigenvalue weighted by atomic mass is 10.3. The number of unbranched alkanes of at least 4 members (excludes halogenated alkanes) is 2. The molecule has 0 fully saturated rings. The number of anilines is 1. The van der Waals surface area contributed by atoms with Gasteiger partial charge in [0.05, 0.1) is 0 Å². The standard InChI is InChI=1S/C11H16BrNS/c1-2-3-4-7-14-11-6-5-9(13)8-10(11)12/h5-6,8H,2-4,7,13H2,1H3. The van der Waals surface area contributed by atoms with E-state index in [2.05, 4.69) is 28.9 Å². The Kier molecular flexibility index (Phi) is 5.41. The fraction of sp³-hybridized carbons (Fsp3) is 0.455. The van der Waals surface area contributed by atoms with Gasteiger partial charge in [0, 0.05) is 15.1 Å². The van der Waals surface area contributed by atoms with Gasteiger partial charge >= 0.3 is 0 Å². The monoisotopic (exact) mass is 273 g/mol. The van der Waals surface area contributed by atoms with E-state index in [0.29, 0.717) is 0 Å². The molecule has 3 heteroatoms. The van der Waals surface area contributed by atoms with Gasteiger partial charge in [-0.15, -0.1) is 11.8 Å². The van der Waals surface area contributed by atoms with Gasteiger partial charge in [0.25, 0.3) is 0 Å². The molecular weight excluding hydrogens is 258 g/mol. The van der Waals surface area contributed by atoms with Gasteiger partial charge in [0.15, 0.2) is 0 Å². The fourth-order valence-corrected chi connectivity index (χ4v) is 2.84. The van der Waals surface area contributed by atoms with Gasteiger partial charge in [-0.3, -0.25) is 0 Å². The van der Waals surface area contributed by atoms with Crippen LogP contribution in [0.3, 0.4) is 0 Å². The van der Waals surface area contributed by atoms with Gasteiger partial charge < -0.3 is 5.73 Å². The van der Waals surface area contributed by atoms with Crippen molar-refractivity contribution in [2.24, 2.45) is 0 Å². The van der Waals surface area contributed by atoms with E-state index in [0.717, 1.165) is 10.2 Å². The average molecular weight is 274 g/mol. The van der Waals surface area contributed by atoms with Gasteiger partial charge in [0.2, 0.25) is 0 Å². The molecule has 0 saturated carbocycles. The van der Waals surface area contributed by atoms with Crippen molar-refractivity contribution < 1.29 is 0 Å². The number of halogens is 1. The molecule has 0 unspecified atom stereocenters. The SMILES string of the molecule is CCCCCSc1ccc(N)cc1Br. The van der Waals surface area contributed by atoms with Crippen LogP contribution in [0.2, 0.25) is 0 Å². The summed E-state index contributed by atoms with van der Waals surface area (Å²) in [7, 11) is 0. The largest absolute Gasteiger partial charge is 0.399 e. The zero-order chi connectivity index (χ0) is 10.4. The molecule has 1 aromatic rings. The summed E-state index contributed by atoms with van der Waals surface area (Å²) in [6.07, 6.45) is 3.89. The summed E-state index contributed by atoms with van der Waals surface area (Å²) in [5, 5.41) is 0. The third-order valence-electron chi connectivity index (χ3n) is 1.96. The Bertz CT molecular complexity index is 289. The number of thioether (sulfide) groups is 1. The van der Waals surface area contributed by atoms with Gasteiger partial charge in [-0.2, -0.15) is 0 Å². The topological polar surface area (TPSA) is 26.0 Å². The van der Waals surface area contributed by atoms with E-state index in [1.807, 2.05) is 23.9 Å². The zero-order valence-electron chi connectivity index (χ0n) is 8.42. The minimum absolute atomic E-state index is 0.815.